The van der Waals surface area contributed by atoms with Crippen LogP contribution in [0.1, 0.15) is 24.8 Å². The summed E-state index contributed by atoms with van der Waals surface area (Å²) in [4.78, 5) is 12.9. The van der Waals surface area contributed by atoms with Crippen LogP contribution < -0.4 is 0 Å². The maximum Gasteiger partial charge on any atom is 0.304 e. The molecule has 0 radical (unpaired) electrons. The van der Waals surface area contributed by atoms with Gasteiger partial charge < -0.3 is 5.11 Å². The Balaban J connectivity index is 2.05. The fourth-order valence-electron chi connectivity index (χ4n) is 2.40. The topological polar surface area (TPSA) is 40.5 Å². The molecule has 18 heavy (non-hydrogen) atoms. The number of hydrogen-bond acceptors (Lipinski definition) is 2. The van der Waals surface area contributed by atoms with Gasteiger partial charge in [0, 0.05) is 17.6 Å². The standard InChI is InChI=1S/C13H15ClFNO2/c14-12-6-10(15)4-3-9(12)8-16-5-1-2-11(16)7-13(17)18/h3-4,6,11H,1-2,5,7-8H2,(H,17,18). The zero-order chi connectivity index (χ0) is 13.1. The quantitative estimate of drug-likeness (QED) is 0.915. The van der Waals surface area contributed by atoms with Crippen molar-refractivity contribution < 1.29 is 14.3 Å². The molecule has 1 aliphatic heterocycles. The van der Waals surface area contributed by atoms with Gasteiger partial charge in [0.05, 0.1) is 6.42 Å². The zero-order valence-corrected chi connectivity index (χ0v) is 10.7. The fraction of sp³-hybridized carbons (Fsp3) is 0.462. The van der Waals surface area contributed by atoms with Crippen LogP contribution in [0.4, 0.5) is 4.39 Å². The third-order valence-electron chi connectivity index (χ3n) is 3.30. The Hall–Kier alpha value is -1.13. The van der Waals surface area contributed by atoms with E-state index >= 15 is 0 Å². The number of aliphatic carboxylic acids is 1. The summed E-state index contributed by atoms with van der Waals surface area (Å²) in [6.45, 7) is 1.45. The van der Waals surface area contributed by atoms with Crippen molar-refractivity contribution in [3.63, 3.8) is 0 Å². The van der Waals surface area contributed by atoms with Gasteiger partial charge >= 0.3 is 5.97 Å². The molecule has 3 nitrogen and oxygen atoms in total. The molecule has 1 aromatic rings. The van der Waals surface area contributed by atoms with Crippen molar-refractivity contribution in [1.29, 1.82) is 0 Å². The number of likely N-dealkylation sites (tertiary alicyclic amines) is 1. The molecule has 1 N–H and O–H groups in total. The Morgan fingerprint density at radius 2 is 2.33 bits per heavy atom. The molecule has 0 spiro atoms. The summed E-state index contributed by atoms with van der Waals surface area (Å²) in [6.07, 6.45) is 2.04. The van der Waals surface area contributed by atoms with Crippen LogP contribution >= 0.6 is 11.6 Å². The Labute approximate surface area is 110 Å². The molecule has 0 bridgehead atoms. The van der Waals surface area contributed by atoms with Crippen molar-refractivity contribution in [2.45, 2.75) is 31.8 Å². The van der Waals surface area contributed by atoms with Crippen molar-refractivity contribution in [1.82, 2.24) is 4.90 Å². The normalized spacial score (nSPS) is 20.2. The van der Waals surface area contributed by atoms with Crippen LogP contribution in [0.3, 0.4) is 0 Å². The minimum Gasteiger partial charge on any atom is -0.481 e. The largest absolute Gasteiger partial charge is 0.481 e. The lowest BCUT2D eigenvalue weighted by Crippen LogP contribution is -2.30. The van der Waals surface area contributed by atoms with E-state index < -0.39 is 5.97 Å². The van der Waals surface area contributed by atoms with Crippen molar-refractivity contribution in [3.05, 3.63) is 34.6 Å². The van der Waals surface area contributed by atoms with Gasteiger partial charge in [0.2, 0.25) is 0 Å². The first kappa shape index (κ1) is 13.3. The van der Waals surface area contributed by atoms with Crippen LogP contribution in [-0.2, 0) is 11.3 Å². The van der Waals surface area contributed by atoms with Gasteiger partial charge in [-0.3, -0.25) is 9.69 Å². The summed E-state index contributed by atoms with van der Waals surface area (Å²) in [5, 5.41) is 9.25. The van der Waals surface area contributed by atoms with E-state index in [0.717, 1.165) is 24.9 Å². The number of rotatable bonds is 4. The Morgan fingerprint density at radius 3 is 3.00 bits per heavy atom. The first-order valence-electron chi connectivity index (χ1n) is 5.96. The first-order chi connectivity index (χ1) is 8.56. The molecule has 0 aromatic heterocycles. The van der Waals surface area contributed by atoms with Gasteiger partial charge in [0.15, 0.2) is 0 Å². The number of nitrogens with zero attached hydrogens (tertiary/aromatic N) is 1. The first-order valence-corrected chi connectivity index (χ1v) is 6.34. The summed E-state index contributed by atoms with van der Waals surface area (Å²) in [5.41, 5.74) is 0.843. The molecule has 1 aromatic carbocycles. The molecule has 0 aliphatic carbocycles. The van der Waals surface area contributed by atoms with Crippen LogP contribution in [0.25, 0.3) is 0 Å². The molecule has 1 aliphatic rings. The number of hydrogen-bond donors (Lipinski definition) is 1. The molecule has 0 saturated carbocycles. The maximum atomic E-state index is 12.9. The van der Waals surface area contributed by atoms with E-state index in [9.17, 15) is 9.18 Å². The van der Waals surface area contributed by atoms with Gasteiger partial charge in [-0.1, -0.05) is 17.7 Å². The van der Waals surface area contributed by atoms with Gasteiger partial charge in [-0.05, 0) is 37.1 Å². The molecule has 98 valence electrons. The summed E-state index contributed by atoms with van der Waals surface area (Å²) in [7, 11) is 0. The number of carboxylic acids is 1. The minimum absolute atomic E-state index is 0.0589. The fourth-order valence-corrected chi connectivity index (χ4v) is 2.63. The van der Waals surface area contributed by atoms with Gasteiger partial charge in [0.1, 0.15) is 5.82 Å². The molecule has 2 rings (SSSR count). The molecule has 1 unspecified atom stereocenters. The number of carboxylic acid groups (broad SMARTS) is 1. The second-order valence-corrected chi connectivity index (χ2v) is 5.01. The van der Waals surface area contributed by atoms with Gasteiger partial charge in [-0.25, -0.2) is 4.39 Å². The minimum atomic E-state index is -0.780. The average molecular weight is 272 g/mol. The molecule has 1 atom stereocenters. The van der Waals surface area contributed by atoms with Crippen LogP contribution in [0.15, 0.2) is 18.2 Å². The summed E-state index contributed by atoms with van der Waals surface area (Å²) in [5.74, 6) is -1.13. The lowest BCUT2D eigenvalue weighted by atomic mass is 10.1. The second kappa shape index (κ2) is 5.67. The van der Waals surface area contributed by atoms with E-state index in [0.29, 0.717) is 11.6 Å². The van der Waals surface area contributed by atoms with Crippen molar-refractivity contribution >= 4 is 17.6 Å². The van der Waals surface area contributed by atoms with Gasteiger partial charge in [-0.15, -0.1) is 0 Å². The molecule has 1 heterocycles. The highest BCUT2D eigenvalue weighted by Crippen LogP contribution is 2.25. The van der Waals surface area contributed by atoms with Crippen LogP contribution in [0.5, 0.6) is 0 Å². The van der Waals surface area contributed by atoms with E-state index in [1.165, 1.54) is 12.1 Å². The highest BCUT2D eigenvalue weighted by molar-refractivity contribution is 6.31. The van der Waals surface area contributed by atoms with Crippen LogP contribution in [-0.4, -0.2) is 28.6 Å². The van der Waals surface area contributed by atoms with Crippen molar-refractivity contribution in [2.75, 3.05) is 6.54 Å². The number of carbonyl (C=O) groups is 1. The SMILES string of the molecule is O=C(O)CC1CCCN1Cc1ccc(F)cc1Cl. The van der Waals surface area contributed by atoms with Crippen molar-refractivity contribution in [3.8, 4) is 0 Å². The summed E-state index contributed by atoms with van der Waals surface area (Å²) < 4.78 is 12.9. The lowest BCUT2D eigenvalue weighted by molar-refractivity contribution is -0.138. The van der Waals surface area contributed by atoms with E-state index in [2.05, 4.69) is 4.90 Å². The van der Waals surface area contributed by atoms with E-state index in [4.69, 9.17) is 16.7 Å². The Bertz CT molecular complexity index is 453. The van der Waals surface area contributed by atoms with E-state index in [1.54, 1.807) is 6.07 Å². The maximum absolute atomic E-state index is 12.9. The number of benzene rings is 1. The molecule has 1 fully saturated rings. The predicted octanol–water partition coefficient (Wildman–Crippen LogP) is 2.92. The Kier molecular flexibility index (Phi) is 4.19. The summed E-state index contributed by atoms with van der Waals surface area (Å²) in [6, 6.07) is 4.39. The molecular formula is C13H15ClFNO2. The third kappa shape index (κ3) is 3.21. The second-order valence-electron chi connectivity index (χ2n) is 4.60. The van der Waals surface area contributed by atoms with E-state index in [-0.39, 0.29) is 18.3 Å². The zero-order valence-electron chi connectivity index (χ0n) is 9.90. The van der Waals surface area contributed by atoms with E-state index in [1.807, 2.05) is 0 Å². The van der Waals surface area contributed by atoms with Gasteiger partial charge in [-0.2, -0.15) is 0 Å². The molecule has 5 heteroatoms. The van der Waals surface area contributed by atoms with Crippen molar-refractivity contribution in [2.24, 2.45) is 0 Å². The Morgan fingerprint density at radius 1 is 1.56 bits per heavy atom. The molecule has 1 saturated heterocycles. The lowest BCUT2D eigenvalue weighted by Gasteiger charge is -2.23. The highest BCUT2D eigenvalue weighted by atomic mass is 35.5. The van der Waals surface area contributed by atoms with Crippen LogP contribution in [0.2, 0.25) is 5.02 Å². The smallest absolute Gasteiger partial charge is 0.304 e. The highest BCUT2D eigenvalue weighted by Gasteiger charge is 2.26. The van der Waals surface area contributed by atoms with Crippen LogP contribution in [0, 0.1) is 5.82 Å². The molecular weight excluding hydrogens is 257 g/mol. The summed E-state index contributed by atoms with van der Waals surface area (Å²) >= 11 is 5.98. The monoisotopic (exact) mass is 271 g/mol. The number of halogens is 2. The van der Waals surface area contributed by atoms with Gasteiger partial charge in [0.25, 0.3) is 0 Å². The predicted molar refractivity (Wildman–Crippen MR) is 67.1 cm³/mol. The molecule has 0 amide bonds. The third-order valence-corrected chi connectivity index (χ3v) is 3.65. The average Bonchev–Trinajstić information content (AvgIpc) is 2.69.